The first-order valence-electron chi connectivity index (χ1n) is 18.7. The van der Waals surface area contributed by atoms with Crippen molar-refractivity contribution in [3.63, 3.8) is 0 Å². The topological polar surface area (TPSA) is 29.5 Å². The summed E-state index contributed by atoms with van der Waals surface area (Å²) in [7, 11) is 0. The van der Waals surface area contributed by atoms with Crippen molar-refractivity contribution in [2.45, 2.75) is 0 Å². The molecule has 0 atom stereocenters. The molecule has 258 valence electrons. The number of fused-ring (bicyclic) bond motifs is 7. The molecule has 11 aromatic rings. The van der Waals surface area contributed by atoms with E-state index in [2.05, 4.69) is 181 Å². The van der Waals surface area contributed by atoms with E-state index in [-0.39, 0.29) is 0 Å². The smallest absolute Gasteiger partial charge is 0.137 e. The average molecular weight is 704 g/mol. The number of para-hydroxylation sites is 3. The van der Waals surface area contributed by atoms with Crippen LogP contribution >= 0.6 is 0 Å². The maximum Gasteiger partial charge on any atom is 0.137 e. The molecule has 0 spiro atoms. The predicted molar refractivity (Wildman–Crippen MR) is 229 cm³/mol. The zero-order valence-corrected chi connectivity index (χ0v) is 29.8. The minimum Gasteiger partial charge on any atom is -0.456 e. The Hall–Kier alpha value is -7.36. The molecule has 0 aliphatic heterocycles. The highest BCUT2D eigenvalue weighted by atomic mass is 16.3. The van der Waals surface area contributed by atoms with Crippen LogP contribution in [-0.4, -0.2) is 0 Å². The van der Waals surface area contributed by atoms with Gasteiger partial charge in [-0.15, -0.1) is 0 Å². The molecule has 55 heavy (non-hydrogen) atoms. The van der Waals surface area contributed by atoms with Crippen molar-refractivity contribution < 1.29 is 8.83 Å². The standard InChI is InChI=1S/C52H33NO2/c1-2-14-35(15-3-1)40-30-28-36(39-22-12-17-34-16-4-5-18-38(34)39)32-47(40)53(37-29-31-43-42-20-7-10-25-48(42)55-51(43)33-37)46-24-9-6-19-41(46)44-23-13-27-50-52(44)45-21-8-11-26-49(45)54-50/h1-33H. The van der Waals surface area contributed by atoms with Crippen molar-refractivity contribution in [1.29, 1.82) is 0 Å². The molecule has 0 unspecified atom stereocenters. The van der Waals surface area contributed by atoms with E-state index in [1.807, 2.05) is 24.3 Å². The zero-order chi connectivity index (χ0) is 36.3. The van der Waals surface area contributed by atoms with Gasteiger partial charge in [0.05, 0.1) is 11.4 Å². The van der Waals surface area contributed by atoms with E-state index >= 15 is 0 Å². The molecule has 0 bridgehead atoms. The Kier molecular flexibility index (Phi) is 7.17. The molecule has 0 amide bonds. The van der Waals surface area contributed by atoms with Crippen molar-refractivity contribution in [3.05, 3.63) is 200 Å². The fraction of sp³-hybridized carbons (Fsp3) is 0. The van der Waals surface area contributed by atoms with Crippen LogP contribution in [0.4, 0.5) is 17.1 Å². The molecule has 3 heteroatoms. The van der Waals surface area contributed by atoms with E-state index in [1.165, 1.54) is 16.3 Å². The summed E-state index contributed by atoms with van der Waals surface area (Å²) in [5, 5.41) is 6.84. The van der Waals surface area contributed by atoms with Crippen molar-refractivity contribution in [1.82, 2.24) is 0 Å². The first-order chi connectivity index (χ1) is 27.3. The number of furan rings is 2. The van der Waals surface area contributed by atoms with Gasteiger partial charge < -0.3 is 13.7 Å². The van der Waals surface area contributed by atoms with Crippen LogP contribution in [0.2, 0.25) is 0 Å². The zero-order valence-electron chi connectivity index (χ0n) is 29.8. The summed E-state index contributed by atoms with van der Waals surface area (Å²) in [6, 6.07) is 71.1. The Morgan fingerprint density at radius 2 is 0.927 bits per heavy atom. The van der Waals surface area contributed by atoms with Gasteiger partial charge in [0, 0.05) is 44.4 Å². The van der Waals surface area contributed by atoms with E-state index in [0.29, 0.717) is 0 Å². The molecular formula is C52H33NO2. The van der Waals surface area contributed by atoms with Gasteiger partial charge in [-0.25, -0.2) is 0 Å². The van der Waals surface area contributed by atoms with Crippen LogP contribution < -0.4 is 4.90 Å². The Morgan fingerprint density at radius 3 is 1.82 bits per heavy atom. The Labute approximate surface area is 317 Å². The summed E-state index contributed by atoms with van der Waals surface area (Å²) >= 11 is 0. The van der Waals surface area contributed by atoms with Gasteiger partial charge in [-0.1, -0.05) is 152 Å². The predicted octanol–water partition coefficient (Wildman–Crippen LogP) is 15.1. The van der Waals surface area contributed by atoms with Crippen LogP contribution in [0.25, 0.3) is 88.0 Å². The van der Waals surface area contributed by atoms with Crippen molar-refractivity contribution in [3.8, 4) is 33.4 Å². The van der Waals surface area contributed by atoms with E-state index in [0.717, 1.165) is 88.8 Å². The van der Waals surface area contributed by atoms with Crippen LogP contribution in [-0.2, 0) is 0 Å². The maximum absolute atomic E-state index is 6.54. The lowest BCUT2D eigenvalue weighted by atomic mass is 9.93. The lowest BCUT2D eigenvalue weighted by molar-refractivity contribution is 0.668. The fourth-order valence-corrected chi connectivity index (χ4v) is 8.38. The summed E-state index contributed by atoms with van der Waals surface area (Å²) in [5.74, 6) is 0. The quantitative estimate of drug-likeness (QED) is 0.173. The largest absolute Gasteiger partial charge is 0.456 e. The lowest BCUT2D eigenvalue weighted by Gasteiger charge is -2.30. The molecule has 2 aromatic heterocycles. The molecule has 0 aliphatic carbocycles. The van der Waals surface area contributed by atoms with E-state index < -0.39 is 0 Å². The second-order valence-electron chi connectivity index (χ2n) is 14.0. The number of nitrogens with zero attached hydrogens (tertiary/aromatic N) is 1. The number of hydrogen-bond acceptors (Lipinski definition) is 3. The number of benzene rings is 9. The molecule has 0 fully saturated rings. The van der Waals surface area contributed by atoms with Crippen LogP contribution in [0.5, 0.6) is 0 Å². The van der Waals surface area contributed by atoms with Crippen LogP contribution in [0.15, 0.2) is 209 Å². The summed E-state index contributed by atoms with van der Waals surface area (Å²) < 4.78 is 13.0. The highest BCUT2D eigenvalue weighted by Gasteiger charge is 2.24. The molecule has 0 saturated heterocycles. The lowest BCUT2D eigenvalue weighted by Crippen LogP contribution is -2.12. The summed E-state index contributed by atoms with van der Waals surface area (Å²) in [6.07, 6.45) is 0. The molecule has 11 rings (SSSR count). The number of rotatable bonds is 6. The highest BCUT2D eigenvalue weighted by molar-refractivity contribution is 6.14. The van der Waals surface area contributed by atoms with Gasteiger partial charge in [0.2, 0.25) is 0 Å². The number of anilines is 3. The van der Waals surface area contributed by atoms with E-state index in [1.54, 1.807) is 0 Å². The van der Waals surface area contributed by atoms with Gasteiger partial charge in [0.25, 0.3) is 0 Å². The Morgan fingerprint density at radius 1 is 0.309 bits per heavy atom. The van der Waals surface area contributed by atoms with Gasteiger partial charge >= 0.3 is 0 Å². The summed E-state index contributed by atoms with van der Waals surface area (Å²) in [4.78, 5) is 2.42. The van der Waals surface area contributed by atoms with Gasteiger partial charge in [-0.3, -0.25) is 0 Å². The summed E-state index contributed by atoms with van der Waals surface area (Å²) in [6.45, 7) is 0. The molecular weight excluding hydrogens is 671 g/mol. The Balaban J connectivity index is 1.23. The first kappa shape index (κ1) is 31.2. The highest BCUT2D eigenvalue weighted by Crippen LogP contribution is 2.49. The molecule has 2 heterocycles. The SMILES string of the molecule is c1ccc(-c2ccc(-c3cccc4ccccc34)cc2N(c2ccc3c(c2)oc2ccccc23)c2ccccc2-c2cccc3oc4ccccc4c23)cc1. The second kappa shape index (κ2) is 12.6. The van der Waals surface area contributed by atoms with Crippen LogP contribution in [0.1, 0.15) is 0 Å². The van der Waals surface area contributed by atoms with E-state index in [9.17, 15) is 0 Å². The van der Waals surface area contributed by atoms with Crippen molar-refractivity contribution in [2.24, 2.45) is 0 Å². The molecule has 0 N–H and O–H groups in total. The first-order valence-corrected chi connectivity index (χ1v) is 18.7. The van der Waals surface area contributed by atoms with Crippen molar-refractivity contribution >= 4 is 71.7 Å². The molecule has 0 saturated carbocycles. The minimum absolute atomic E-state index is 0.843. The maximum atomic E-state index is 6.54. The minimum atomic E-state index is 0.843. The fourth-order valence-electron chi connectivity index (χ4n) is 8.38. The van der Waals surface area contributed by atoms with Crippen LogP contribution in [0, 0.1) is 0 Å². The average Bonchev–Trinajstić information content (AvgIpc) is 3.82. The summed E-state index contributed by atoms with van der Waals surface area (Å²) in [5.41, 5.74) is 13.4. The molecule has 3 nitrogen and oxygen atoms in total. The normalized spacial score (nSPS) is 11.6. The van der Waals surface area contributed by atoms with Crippen molar-refractivity contribution in [2.75, 3.05) is 4.90 Å². The third-order valence-electron chi connectivity index (χ3n) is 10.9. The van der Waals surface area contributed by atoms with Gasteiger partial charge in [-0.2, -0.15) is 0 Å². The monoisotopic (exact) mass is 703 g/mol. The van der Waals surface area contributed by atoms with Gasteiger partial charge in [0.15, 0.2) is 0 Å². The third kappa shape index (κ3) is 5.13. The number of hydrogen-bond donors (Lipinski definition) is 0. The second-order valence-corrected chi connectivity index (χ2v) is 14.0. The third-order valence-corrected chi connectivity index (χ3v) is 10.9. The van der Waals surface area contributed by atoms with Crippen LogP contribution in [0.3, 0.4) is 0 Å². The van der Waals surface area contributed by atoms with Gasteiger partial charge in [0.1, 0.15) is 22.3 Å². The Bertz CT molecular complexity index is 3220. The molecule has 0 radical (unpaired) electrons. The molecule has 0 aliphatic rings. The molecule has 9 aromatic carbocycles. The van der Waals surface area contributed by atoms with Gasteiger partial charge in [-0.05, 0) is 75.5 Å². The van der Waals surface area contributed by atoms with E-state index in [4.69, 9.17) is 8.83 Å².